The molecule has 3 amide bonds. The van der Waals surface area contributed by atoms with Crippen molar-refractivity contribution in [3.63, 3.8) is 0 Å². The molecule has 114 valence electrons. The number of nitrogens with zero attached hydrogens (tertiary/aromatic N) is 1. The highest BCUT2D eigenvalue weighted by Gasteiger charge is 2.33. The van der Waals surface area contributed by atoms with Crippen LogP contribution >= 0.6 is 0 Å². The molecule has 2 atom stereocenters. The third-order valence-electron chi connectivity index (χ3n) is 2.94. The molecule has 0 aromatic carbocycles. The second-order valence-electron chi connectivity index (χ2n) is 5.91. The second-order valence-corrected chi connectivity index (χ2v) is 5.91. The third-order valence-corrected chi connectivity index (χ3v) is 2.94. The van der Waals surface area contributed by atoms with Gasteiger partial charge in [-0.3, -0.25) is 9.59 Å². The monoisotopic (exact) mass is 285 g/mol. The number of hydrogen-bond acceptors (Lipinski definition) is 4. The Labute approximate surface area is 119 Å². The van der Waals surface area contributed by atoms with Crippen molar-refractivity contribution < 1.29 is 19.1 Å². The minimum Gasteiger partial charge on any atom is -0.444 e. The fraction of sp³-hybridized carbons (Fsp3) is 0.769. The Hall–Kier alpha value is -1.79. The molecule has 2 N–H and O–H groups in total. The van der Waals surface area contributed by atoms with Gasteiger partial charge < -0.3 is 20.3 Å². The number of carbonyl (C=O) groups excluding carboxylic acids is 3. The quantitative estimate of drug-likeness (QED) is 0.778. The van der Waals surface area contributed by atoms with Crippen molar-refractivity contribution in [2.75, 3.05) is 13.6 Å². The molecule has 1 saturated heterocycles. The van der Waals surface area contributed by atoms with Crippen molar-refractivity contribution in [1.82, 2.24) is 15.5 Å². The Morgan fingerprint density at radius 3 is 2.50 bits per heavy atom. The Balaban J connectivity index is 2.54. The maximum Gasteiger partial charge on any atom is 0.408 e. The molecular formula is C13H23N3O4. The van der Waals surface area contributed by atoms with Gasteiger partial charge in [-0.05, 0) is 34.1 Å². The summed E-state index contributed by atoms with van der Waals surface area (Å²) in [5.74, 6) is -0.483. The summed E-state index contributed by atoms with van der Waals surface area (Å²) in [6, 6.07) is -1.21. The molecule has 7 nitrogen and oxygen atoms in total. The Bertz CT molecular complexity index is 403. The molecule has 7 heteroatoms. The van der Waals surface area contributed by atoms with Crippen molar-refractivity contribution in [2.45, 2.75) is 51.8 Å². The van der Waals surface area contributed by atoms with Crippen LogP contribution in [0.1, 0.15) is 34.1 Å². The summed E-state index contributed by atoms with van der Waals surface area (Å²) >= 11 is 0. The van der Waals surface area contributed by atoms with E-state index in [1.54, 1.807) is 34.7 Å². The Morgan fingerprint density at radius 1 is 1.45 bits per heavy atom. The van der Waals surface area contributed by atoms with Crippen LogP contribution in [-0.4, -0.2) is 54.1 Å². The van der Waals surface area contributed by atoms with E-state index < -0.39 is 23.8 Å². The maximum atomic E-state index is 12.2. The van der Waals surface area contributed by atoms with Crippen LogP contribution in [-0.2, 0) is 14.3 Å². The zero-order chi connectivity index (χ0) is 15.5. The number of ether oxygens (including phenoxy) is 1. The summed E-state index contributed by atoms with van der Waals surface area (Å²) < 4.78 is 5.08. The van der Waals surface area contributed by atoms with Gasteiger partial charge in [0.1, 0.15) is 17.7 Å². The van der Waals surface area contributed by atoms with E-state index in [9.17, 15) is 14.4 Å². The predicted octanol–water partition coefficient (Wildman–Crippen LogP) is 0.246. The van der Waals surface area contributed by atoms with Crippen LogP contribution in [0.15, 0.2) is 0 Å². The van der Waals surface area contributed by atoms with Gasteiger partial charge >= 0.3 is 6.09 Å². The van der Waals surface area contributed by atoms with E-state index in [4.69, 9.17) is 4.74 Å². The standard InChI is InChI=1S/C13H23N3O4/c1-8(15-12(19)20-13(2,3)4)11(18)16(5)9-6-7-14-10(9)17/h8-9H,6-7H2,1-5H3,(H,14,17)(H,15,19)/t8-,9+/m0/s1. The van der Waals surface area contributed by atoms with Crippen LogP contribution in [0.25, 0.3) is 0 Å². The van der Waals surface area contributed by atoms with E-state index in [-0.39, 0.29) is 11.8 Å². The fourth-order valence-corrected chi connectivity index (χ4v) is 1.96. The molecule has 0 radical (unpaired) electrons. The molecule has 1 aliphatic rings. The van der Waals surface area contributed by atoms with E-state index >= 15 is 0 Å². The molecule has 1 heterocycles. The Morgan fingerprint density at radius 2 is 2.05 bits per heavy atom. The molecule has 0 saturated carbocycles. The zero-order valence-electron chi connectivity index (χ0n) is 12.6. The number of likely N-dealkylation sites (N-methyl/N-ethyl adjacent to an activating group) is 1. The largest absolute Gasteiger partial charge is 0.444 e. The van der Waals surface area contributed by atoms with Crippen LogP contribution < -0.4 is 10.6 Å². The van der Waals surface area contributed by atoms with E-state index in [1.807, 2.05) is 0 Å². The highest BCUT2D eigenvalue weighted by molar-refractivity contribution is 5.91. The van der Waals surface area contributed by atoms with Gasteiger partial charge in [0.25, 0.3) is 0 Å². The van der Waals surface area contributed by atoms with Crippen molar-refractivity contribution in [2.24, 2.45) is 0 Å². The first-order valence-electron chi connectivity index (χ1n) is 6.65. The number of nitrogens with one attached hydrogen (secondary N) is 2. The minimum absolute atomic E-state index is 0.162. The average molecular weight is 285 g/mol. The molecule has 0 unspecified atom stereocenters. The van der Waals surface area contributed by atoms with Crippen LogP contribution in [0.2, 0.25) is 0 Å². The van der Waals surface area contributed by atoms with Gasteiger partial charge in [0.05, 0.1) is 0 Å². The van der Waals surface area contributed by atoms with Crippen LogP contribution in [0.5, 0.6) is 0 Å². The lowest BCUT2D eigenvalue weighted by Crippen LogP contribution is -2.51. The van der Waals surface area contributed by atoms with Crippen LogP contribution in [0.4, 0.5) is 4.79 Å². The van der Waals surface area contributed by atoms with Gasteiger partial charge in [-0.25, -0.2) is 4.79 Å². The van der Waals surface area contributed by atoms with Crippen molar-refractivity contribution >= 4 is 17.9 Å². The average Bonchev–Trinajstić information content (AvgIpc) is 2.70. The molecule has 1 aliphatic heterocycles. The lowest BCUT2D eigenvalue weighted by Gasteiger charge is -2.27. The van der Waals surface area contributed by atoms with Gasteiger partial charge in [0, 0.05) is 13.6 Å². The number of amides is 3. The van der Waals surface area contributed by atoms with E-state index in [1.165, 1.54) is 4.90 Å². The van der Waals surface area contributed by atoms with E-state index in [0.717, 1.165) is 0 Å². The number of hydrogen-bond donors (Lipinski definition) is 2. The normalized spacial score (nSPS) is 20.1. The van der Waals surface area contributed by atoms with Gasteiger partial charge in [-0.2, -0.15) is 0 Å². The summed E-state index contributed by atoms with van der Waals surface area (Å²) in [5, 5.41) is 5.14. The lowest BCUT2D eigenvalue weighted by atomic mass is 10.2. The summed E-state index contributed by atoms with van der Waals surface area (Å²) in [7, 11) is 1.56. The summed E-state index contributed by atoms with van der Waals surface area (Å²) in [6.07, 6.45) is -0.0668. The van der Waals surface area contributed by atoms with Crippen molar-refractivity contribution in [3.05, 3.63) is 0 Å². The highest BCUT2D eigenvalue weighted by atomic mass is 16.6. The van der Waals surface area contributed by atoms with Crippen LogP contribution in [0.3, 0.4) is 0 Å². The van der Waals surface area contributed by atoms with Gasteiger partial charge in [0.2, 0.25) is 11.8 Å². The predicted molar refractivity (Wildman–Crippen MR) is 73.0 cm³/mol. The summed E-state index contributed by atoms with van der Waals surface area (Å²) in [4.78, 5) is 36.7. The molecule has 0 aromatic rings. The molecule has 1 fully saturated rings. The number of carbonyl (C=O) groups is 3. The first kappa shape index (κ1) is 16.3. The summed E-state index contributed by atoms with van der Waals surface area (Å²) in [5.41, 5.74) is -0.621. The zero-order valence-corrected chi connectivity index (χ0v) is 12.6. The highest BCUT2D eigenvalue weighted by Crippen LogP contribution is 2.10. The SMILES string of the molecule is C[C@H](NC(=O)OC(C)(C)C)C(=O)N(C)[C@@H]1CCNC1=O. The third kappa shape index (κ3) is 4.40. The minimum atomic E-state index is -0.747. The molecule has 0 spiro atoms. The first-order chi connectivity index (χ1) is 9.11. The molecule has 0 aromatic heterocycles. The maximum absolute atomic E-state index is 12.2. The van der Waals surface area contributed by atoms with E-state index in [2.05, 4.69) is 10.6 Å². The molecule has 0 bridgehead atoms. The second kappa shape index (κ2) is 6.11. The van der Waals surface area contributed by atoms with Crippen LogP contribution in [0, 0.1) is 0 Å². The molecule has 20 heavy (non-hydrogen) atoms. The van der Waals surface area contributed by atoms with Crippen molar-refractivity contribution in [1.29, 1.82) is 0 Å². The lowest BCUT2D eigenvalue weighted by molar-refractivity contribution is -0.138. The molecule has 1 rings (SSSR count). The number of rotatable bonds is 3. The molecular weight excluding hydrogens is 262 g/mol. The topological polar surface area (TPSA) is 87.7 Å². The van der Waals surface area contributed by atoms with Gasteiger partial charge in [0.15, 0.2) is 0 Å². The van der Waals surface area contributed by atoms with Gasteiger partial charge in [-0.1, -0.05) is 0 Å². The first-order valence-corrected chi connectivity index (χ1v) is 6.65. The molecule has 0 aliphatic carbocycles. The smallest absolute Gasteiger partial charge is 0.408 e. The fourth-order valence-electron chi connectivity index (χ4n) is 1.96. The Kier molecular flexibility index (Phi) is 4.97. The van der Waals surface area contributed by atoms with E-state index in [0.29, 0.717) is 13.0 Å². The summed E-state index contributed by atoms with van der Waals surface area (Å²) in [6.45, 7) is 7.36. The van der Waals surface area contributed by atoms with Gasteiger partial charge in [-0.15, -0.1) is 0 Å². The van der Waals surface area contributed by atoms with Crippen molar-refractivity contribution in [3.8, 4) is 0 Å². The number of alkyl carbamates (subject to hydrolysis) is 1.